The largest absolute Gasteiger partial charge is 0.344 e. The summed E-state index contributed by atoms with van der Waals surface area (Å²) in [6, 6.07) is 20.6. The van der Waals surface area contributed by atoms with Crippen molar-refractivity contribution in [1.29, 1.82) is 0 Å². The van der Waals surface area contributed by atoms with Gasteiger partial charge in [0, 0.05) is 194 Å². The molecule has 2 aromatic rings. The molecule has 0 bridgehead atoms. The van der Waals surface area contributed by atoms with Crippen LogP contribution in [0.3, 0.4) is 0 Å². The van der Waals surface area contributed by atoms with E-state index in [1.165, 1.54) is 131 Å². The minimum atomic E-state index is -0.313. The van der Waals surface area contributed by atoms with Gasteiger partial charge in [-0.2, -0.15) is 0 Å². The maximum absolute atomic E-state index is 7.36. The molecule has 88 heavy (non-hydrogen) atoms. The molecule has 2 heterocycles. The average Bonchev–Trinajstić information content (AvgIpc) is 1.88. The van der Waals surface area contributed by atoms with Crippen LogP contribution in [0.1, 0.15) is 175 Å². The highest BCUT2D eigenvalue weighted by atomic mass is 35.5. The van der Waals surface area contributed by atoms with Gasteiger partial charge in [0.2, 0.25) is 17.4 Å². The number of hydrogen-bond acceptors (Lipinski definition) is 1. The van der Waals surface area contributed by atoms with E-state index < -0.39 is 0 Å². The second kappa shape index (κ2) is 41.3. The molecular formula is C85H70ClN2+. The number of nitrogens with zero attached hydrogens (tertiary/aromatic N) is 2. The van der Waals surface area contributed by atoms with E-state index in [9.17, 15) is 0 Å². The predicted octanol–water partition coefficient (Wildman–Crippen LogP) is 15.2. The van der Waals surface area contributed by atoms with Crippen molar-refractivity contribution < 1.29 is 4.58 Å². The third-order valence-corrected chi connectivity index (χ3v) is 14.9. The summed E-state index contributed by atoms with van der Waals surface area (Å²) in [5.74, 6) is 90.9. The number of hydrogen-bond donors (Lipinski definition) is 0. The third kappa shape index (κ3) is 24.4. The summed E-state index contributed by atoms with van der Waals surface area (Å²) >= 11 is 7.36. The van der Waals surface area contributed by atoms with Gasteiger partial charge in [-0.05, 0) is 123 Å². The van der Waals surface area contributed by atoms with Crippen molar-refractivity contribution in [3.8, 4) is 213 Å². The van der Waals surface area contributed by atoms with Crippen LogP contribution in [0.2, 0.25) is 0 Å². The van der Waals surface area contributed by atoms with Gasteiger partial charge in [-0.25, -0.2) is 0 Å². The minimum absolute atomic E-state index is 0.119. The molecular weight excluding hydrogens is 1080 g/mol. The quantitative estimate of drug-likeness (QED) is 0.0728. The molecule has 0 fully saturated rings. The zero-order valence-electron chi connectivity index (χ0n) is 51.8. The number of anilines is 1. The summed E-state index contributed by atoms with van der Waals surface area (Å²) in [4.78, 5) is 2.58. The van der Waals surface area contributed by atoms with Crippen LogP contribution in [0, 0.1) is 213 Å². The summed E-state index contributed by atoms with van der Waals surface area (Å²) in [6.45, 7) is 14.2. The van der Waals surface area contributed by atoms with Gasteiger partial charge in [0.1, 0.15) is 0 Å². The SMILES string of the molecule is CC#CC#CC#CC#CC#CC#CC#CC#CC#CC#CC#CC#CC#CC#CC#CC#CC#CC#C[N+]1=C(/C=C/C2=C(Cl)C(=C/C=C3/N(CCCCCCCCCCCCCCCCCC)c4ccccc4C3(C)C)/CCC2)C(C)(C)c2ccccc21. The molecule has 3 heteroatoms. The molecule has 0 saturated heterocycles. The first-order valence-electron chi connectivity index (χ1n) is 30.3. The molecule has 0 aromatic heterocycles. The number of allylic oxidation sites excluding steroid dienone is 8. The molecule has 0 N–H and O–H groups in total. The number of unbranched alkanes of at least 4 members (excludes halogenated alkanes) is 15. The van der Waals surface area contributed by atoms with E-state index in [0.29, 0.717) is 0 Å². The summed E-state index contributed by atoms with van der Waals surface area (Å²) in [7, 11) is 0. The molecule has 2 aromatic carbocycles. The number of fused-ring (bicyclic) bond motifs is 2. The van der Waals surface area contributed by atoms with Gasteiger partial charge in [-0.1, -0.05) is 183 Å². The van der Waals surface area contributed by atoms with E-state index >= 15 is 0 Å². The first-order valence-corrected chi connectivity index (χ1v) is 30.6. The molecule has 0 spiro atoms. The standard InChI is InChI=1S/C85H70ClN2/c1-7-9-11-13-15-17-19-21-23-25-26-27-28-29-30-31-32-33-34-35-36-37-38-39-40-41-42-43-45-47-49-51-53-55-61-74-88-80-68-59-57-66-78(80)85(5,6)82(88)72-70-76-64-62-63-75(83(76)86)69-71-81-84(3,4)77-65-56-58-67-79(77)87(81)73-60-54-52-50-48-46-44-24-22-20-18-16-14-12-10-8-2/h56-59,65-72H,8,10,12,14,16,18,20,22,24,44,46,48,50,52,54,60,62-64,73H2,1-6H3/q+1. The van der Waals surface area contributed by atoms with Gasteiger partial charge >= 0.3 is 0 Å². The second-order valence-corrected chi connectivity index (χ2v) is 21.7. The van der Waals surface area contributed by atoms with Crippen molar-refractivity contribution in [1.82, 2.24) is 0 Å². The topological polar surface area (TPSA) is 6.25 Å². The highest BCUT2D eigenvalue weighted by Crippen LogP contribution is 2.48. The Hall–Kier alpha value is -10.8. The van der Waals surface area contributed by atoms with E-state index in [-0.39, 0.29) is 10.8 Å². The highest BCUT2D eigenvalue weighted by Gasteiger charge is 2.44. The molecule has 5 rings (SSSR count). The van der Waals surface area contributed by atoms with Gasteiger partial charge in [-0.15, -0.1) is 4.58 Å². The molecule has 0 saturated carbocycles. The van der Waals surface area contributed by atoms with Gasteiger partial charge < -0.3 is 4.90 Å². The highest BCUT2D eigenvalue weighted by molar-refractivity contribution is 6.32. The maximum atomic E-state index is 7.36. The first kappa shape index (κ1) is 68.0. The van der Waals surface area contributed by atoms with Crippen molar-refractivity contribution in [2.24, 2.45) is 0 Å². The van der Waals surface area contributed by atoms with Crippen molar-refractivity contribution >= 4 is 28.7 Å². The summed E-state index contributed by atoms with van der Waals surface area (Å²) < 4.78 is 2.04. The van der Waals surface area contributed by atoms with Crippen molar-refractivity contribution in [3.63, 3.8) is 0 Å². The Bertz CT molecular complexity index is 4310. The Morgan fingerprint density at radius 1 is 0.432 bits per heavy atom. The van der Waals surface area contributed by atoms with Crippen molar-refractivity contribution in [2.75, 3.05) is 11.4 Å². The third-order valence-electron chi connectivity index (χ3n) is 14.4. The Kier molecular flexibility index (Phi) is 31.9. The van der Waals surface area contributed by atoms with Gasteiger partial charge in [0.15, 0.2) is 0 Å². The first-order chi connectivity index (χ1) is 43.2. The predicted molar refractivity (Wildman–Crippen MR) is 368 cm³/mol. The number of rotatable bonds is 20. The Balaban J connectivity index is 1.14. The Labute approximate surface area is 535 Å². The Morgan fingerprint density at radius 3 is 1.26 bits per heavy atom. The van der Waals surface area contributed by atoms with Gasteiger partial charge in [0.05, 0.1) is 11.3 Å². The molecule has 426 valence electrons. The lowest BCUT2D eigenvalue weighted by molar-refractivity contribution is -0.332. The molecule has 3 aliphatic rings. The molecule has 1 aliphatic carbocycles. The molecule has 2 aliphatic heterocycles. The lowest BCUT2D eigenvalue weighted by Gasteiger charge is -2.27. The van der Waals surface area contributed by atoms with Crippen LogP contribution in [-0.2, 0) is 10.8 Å². The van der Waals surface area contributed by atoms with E-state index in [1.807, 2.05) is 10.6 Å². The molecule has 0 radical (unpaired) electrons. The monoisotopic (exact) mass is 1150 g/mol. The van der Waals surface area contributed by atoms with Crippen LogP contribution >= 0.6 is 11.6 Å². The summed E-state index contributed by atoms with van der Waals surface area (Å²) in [5.41, 5.74) is 9.21. The van der Waals surface area contributed by atoms with E-state index in [2.05, 4.69) is 320 Å². The minimum Gasteiger partial charge on any atom is -0.344 e. The number of benzene rings is 2. The lowest BCUT2D eigenvalue weighted by Crippen LogP contribution is -2.27. The zero-order chi connectivity index (χ0) is 62.4. The molecule has 2 nitrogen and oxygen atoms in total. The summed E-state index contributed by atoms with van der Waals surface area (Å²) in [5, 5.41) is 0.837. The van der Waals surface area contributed by atoms with Crippen LogP contribution in [0.5, 0.6) is 0 Å². The van der Waals surface area contributed by atoms with Gasteiger partial charge in [0.25, 0.3) is 0 Å². The van der Waals surface area contributed by atoms with Crippen LogP contribution in [0.25, 0.3) is 0 Å². The fourth-order valence-electron chi connectivity index (χ4n) is 10.1. The van der Waals surface area contributed by atoms with Gasteiger partial charge in [-0.3, -0.25) is 0 Å². The van der Waals surface area contributed by atoms with Crippen LogP contribution in [0.15, 0.2) is 94.7 Å². The Morgan fingerprint density at radius 2 is 0.818 bits per heavy atom. The van der Waals surface area contributed by atoms with Crippen LogP contribution in [0.4, 0.5) is 11.4 Å². The fraction of sp³-hybridized carbons (Fsp3) is 0.329. The van der Waals surface area contributed by atoms with Crippen molar-refractivity contribution in [3.05, 3.63) is 106 Å². The second-order valence-electron chi connectivity index (χ2n) is 21.3. The molecule has 0 unspecified atom stereocenters. The van der Waals surface area contributed by atoms with E-state index in [0.717, 1.165) is 47.8 Å². The van der Waals surface area contributed by atoms with E-state index in [1.54, 1.807) is 6.92 Å². The molecule has 0 amide bonds. The smallest absolute Gasteiger partial charge is 0.243 e. The summed E-state index contributed by atoms with van der Waals surface area (Å²) in [6.07, 6.45) is 33.8. The zero-order valence-corrected chi connectivity index (χ0v) is 52.6. The van der Waals surface area contributed by atoms with E-state index in [4.69, 9.17) is 11.6 Å². The molecule has 0 atom stereocenters. The number of para-hydroxylation sites is 2. The van der Waals surface area contributed by atoms with Crippen LogP contribution < -0.4 is 4.90 Å². The van der Waals surface area contributed by atoms with Crippen molar-refractivity contribution in [2.45, 2.75) is 174 Å². The van der Waals surface area contributed by atoms with Crippen LogP contribution in [-0.4, -0.2) is 16.8 Å². The lowest BCUT2D eigenvalue weighted by atomic mass is 9.81. The average molecular weight is 1150 g/mol. The fourth-order valence-corrected chi connectivity index (χ4v) is 10.4. The number of halogens is 1. The normalized spacial score (nSPS) is 13.1. The maximum Gasteiger partial charge on any atom is 0.243 e.